The van der Waals surface area contributed by atoms with E-state index in [0.717, 1.165) is 23.1 Å². The Morgan fingerprint density at radius 2 is 2.00 bits per heavy atom. The van der Waals surface area contributed by atoms with E-state index >= 15 is 0 Å². The van der Waals surface area contributed by atoms with Crippen molar-refractivity contribution in [1.82, 2.24) is 4.98 Å². The van der Waals surface area contributed by atoms with Crippen LogP contribution in [0, 0.1) is 0 Å². The van der Waals surface area contributed by atoms with E-state index in [4.69, 9.17) is 9.84 Å². The molecule has 0 spiro atoms. The average Bonchev–Trinajstić information content (AvgIpc) is 2.45. The molecular weight excluding hydrogens is 258 g/mol. The van der Waals surface area contributed by atoms with Gasteiger partial charge < -0.3 is 14.8 Å². The van der Waals surface area contributed by atoms with Crippen LogP contribution in [0.15, 0.2) is 29.1 Å². The summed E-state index contributed by atoms with van der Waals surface area (Å²) in [4.78, 5) is 25.5. The summed E-state index contributed by atoms with van der Waals surface area (Å²) >= 11 is 0. The summed E-state index contributed by atoms with van der Waals surface area (Å²) in [6.07, 6.45) is 1.53. The van der Waals surface area contributed by atoms with Crippen molar-refractivity contribution in [2.24, 2.45) is 0 Å². The lowest BCUT2D eigenvalue weighted by atomic mass is 9.88. The fourth-order valence-electron chi connectivity index (χ4n) is 2.57. The number of nitrogens with one attached hydrogen (secondary N) is 1. The van der Waals surface area contributed by atoms with Crippen molar-refractivity contribution in [3.8, 4) is 17.0 Å². The number of hydrogen-bond acceptors (Lipinski definition) is 3. The van der Waals surface area contributed by atoms with Gasteiger partial charge in [0.25, 0.3) is 5.56 Å². The third-order valence-corrected chi connectivity index (χ3v) is 3.60. The van der Waals surface area contributed by atoms with Crippen molar-refractivity contribution in [3.05, 3.63) is 51.3 Å². The molecule has 1 aromatic heterocycles. The van der Waals surface area contributed by atoms with Crippen LogP contribution in [0.25, 0.3) is 11.3 Å². The number of aromatic amines is 1. The molecule has 1 heterocycles. The van der Waals surface area contributed by atoms with Crippen molar-refractivity contribution >= 4 is 5.97 Å². The number of carboxylic acids is 1. The number of methoxy groups -OCH3 is 1. The summed E-state index contributed by atoms with van der Waals surface area (Å²) in [7, 11) is 1.59. The molecule has 2 N–H and O–H groups in total. The molecule has 5 heteroatoms. The first-order chi connectivity index (χ1) is 9.60. The topological polar surface area (TPSA) is 79.4 Å². The Bertz CT molecular complexity index is 761. The third kappa shape index (κ3) is 1.87. The molecule has 0 bridgehead atoms. The van der Waals surface area contributed by atoms with Crippen molar-refractivity contribution in [2.75, 3.05) is 7.11 Å². The number of H-pyrrole nitrogens is 1. The van der Waals surface area contributed by atoms with Gasteiger partial charge in [-0.15, -0.1) is 0 Å². The van der Waals surface area contributed by atoms with E-state index in [1.165, 1.54) is 6.07 Å². The van der Waals surface area contributed by atoms with E-state index < -0.39 is 11.5 Å². The maximum absolute atomic E-state index is 11.8. The van der Waals surface area contributed by atoms with E-state index in [1.54, 1.807) is 7.11 Å². The molecule has 1 aliphatic carbocycles. The standard InChI is InChI=1S/C15H13NO4/c1-20-10-5-4-8-2-3-9-6-12(15(18)19)14(17)16-13(9)11(8)7-10/h4-7H,2-3H2,1H3,(H,16,17)(H,18,19). The number of hydrogen-bond donors (Lipinski definition) is 2. The Labute approximate surface area is 114 Å². The van der Waals surface area contributed by atoms with Gasteiger partial charge in [-0.3, -0.25) is 4.79 Å². The molecule has 0 fully saturated rings. The Kier molecular flexibility index (Phi) is 2.82. The van der Waals surface area contributed by atoms with Crippen LogP contribution in [0.1, 0.15) is 21.5 Å². The smallest absolute Gasteiger partial charge is 0.341 e. The molecule has 1 aliphatic rings. The van der Waals surface area contributed by atoms with Crippen molar-refractivity contribution in [3.63, 3.8) is 0 Å². The molecule has 0 radical (unpaired) electrons. The Morgan fingerprint density at radius 3 is 2.70 bits per heavy atom. The number of aromatic carboxylic acids is 1. The van der Waals surface area contributed by atoms with E-state index in [0.29, 0.717) is 17.9 Å². The highest BCUT2D eigenvalue weighted by molar-refractivity contribution is 5.88. The predicted octanol–water partition coefficient (Wildman–Crippen LogP) is 1.85. The summed E-state index contributed by atoms with van der Waals surface area (Å²) in [6.45, 7) is 0. The van der Waals surface area contributed by atoms with Crippen molar-refractivity contribution in [2.45, 2.75) is 12.8 Å². The number of carbonyl (C=O) groups is 1. The Morgan fingerprint density at radius 1 is 1.25 bits per heavy atom. The number of aromatic nitrogens is 1. The summed E-state index contributed by atoms with van der Waals surface area (Å²) < 4.78 is 5.20. The molecule has 0 saturated carbocycles. The summed E-state index contributed by atoms with van der Waals surface area (Å²) in [5.41, 5.74) is 2.78. The molecule has 0 atom stereocenters. The van der Waals surface area contributed by atoms with Crippen molar-refractivity contribution < 1.29 is 14.6 Å². The summed E-state index contributed by atoms with van der Waals surface area (Å²) in [6, 6.07) is 7.19. The van der Waals surface area contributed by atoms with Crippen LogP contribution in [-0.2, 0) is 12.8 Å². The number of aryl methyl sites for hydroxylation is 2. The van der Waals surface area contributed by atoms with Crippen LogP contribution in [0.3, 0.4) is 0 Å². The number of benzene rings is 1. The first kappa shape index (κ1) is 12.5. The van der Waals surface area contributed by atoms with Gasteiger partial charge in [-0.25, -0.2) is 4.79 Å². The molecule has 2 aromatic rings. The highest BCUT2D eigenvalue weighted by Crippen LogP contribution is 2.33. The molecular formula is C15H13NO4. The molecule has 0 unspecified atom stereocenters. The largest absolute Gasteiger partial charge is 0.497 e. The maximum atomic E-state index is 11.8. The van der Waals surface area contributed by atoms with Crippen LogP contribution in [0.5, 0.6) is 5.75 Å². The average molecular weight is 271 g/mol. The van der Waals surface area contributed by atoms with Crippen LogP contribution < -0.4 is 10.3 Å². The minimum absolute atomic E-state index is 0.213. The molecule has 102 valence electrons. The minimum Gasteiger partial charge on any atom is -0.497 e. The fraction of sp³-hybridized carbons (Fsp3) is 0.200. The quantitative estimate of drug-likeness (QED) is 0.873. The third-order valence-electron chi connectivity index (χ3n) is 3.60. The van der Waals surface area contributed by atoms with Gasteiger partial charge in [0.1, 0.15) is 11.3 Å². The maximum Gasteiger partial charge on any atom is 0.341 e. The molecule has 3 rings (SSSR count). The van der Waals surface area contributed by atoms with Gasteiger partial charge in [0.2, 0.25) is 0 Å². The van der Waals surface area contributed by atoms with Gasteiger partial charge in [0.05, 0.1) is 12.8 Å². The number of carboxylic acid groups (broad SMARTS) is 1. The SMILES string of the molecule is COc1ccc2c(c1)-c1[nH]c(=O)c(C(=O)O)cc1CC2. The zero-order chi connectivity index (χ0) is 14.3. The molecule has 0 saturated heterocycles. The highest BCUT2D eigenvalue weighted by Gasteiger charge is 2.21. The van der Waals surface area contributed by atoms with E-state index in [2.05, 4.69) is 4.98 Å². The Balaban J connectivity index is 2.24. The lowest BCUT2D eigenvalue weighted by molar-refractivity contribution is 0.0695. The predicted molar refractivity (Wildman–Crippen MR) is 73.4 cm³/mol. The second kappa shape index (κ2) is 4.52. The van der Waals surface area contributed by atoms with Gasteiger partial charge in [-0.1, -0.05) is 6.07 Å². The molecule has 20 heavy (non-hydrogen) atoms. The Hall–Kier alpha value is -2.56. The van der Waals surface area contributed by atoms with Gasteiger partial charge in [0.15, 0.2) is 0 Å². The number of fused-ring (bicyclic) bond motifs is 3. The van der Waals surface area contributed by atoms with E-state index in [9.17, 15) is 9.59 Å². The first-order valence-electron chi connectivity index (χ1n) is 6.27. The number of ether oxygens (including phenoxy) is 1. The molecule has 0 amide bonds. The molecule has 0 aliphatic heterocycles. The van der Waals surface area contributed by atoms with Gasteiger partial charge >= 0.3 is 5.97 Å². The zero-order valence-electron chi connectivity index (χ0n) is 10.9. The summed E-state index contributed by atoms with van der Waals surface area (Å²) in [5, 5.41) is 9.00. The normalized spacial score (nSPS) is 12.4. The fourth-order valence-corrected chi connectivity index (χ4v) is 2.57. The molecule has 5 nitrogen and oxygen atoms in total. The van der Waals surface area contributed by atoms with Crippen LogP contribution in [-0.4, -0.2) is 23.2 Å². The first-order valence-corrected chi connectivity index (χ1v) is 6.27. The van der Waals surface area contributed by atoms with Crippen LogP contribution in [0.4, 0.5) is 0 Å². The van der Waals surface area contributed by atoms with E-state index in [1.807, 2.05) is 18.2 Å². The molecule has 1 aromatic carbocycles. The van der Waals surface area contributed by atoms with Gasteiger partial charge in [-0.2, -0.15) is 0 Å². The second-order valence-electron chi connectivity index (χ2n) is 4.74. The van der Waals surface area contributed by atoms with Crippen LogP contribution in [0.2, 0.25) is 0 Å². The van der Waals surface area contributed by atoms with Crippen LogP contribution >= 0.6 is 0 Å². The number of rotatable bonds is 2. The van der Waals surface area contributed by atoms with Crippen molar-refractivity contribution in [1.29, 1.82) is 0 Å². The van der Waals surface area contributed by atoms with Gasteiger partial charge in [0, 0.05) is 5.56 Å². The summed E-state index contributed by atoms with van der Waals surface area (Å²) in [5.74, 6) is -0.495. The minimum atomic E-state index is -1.20. The number of pyridine rings is 1. The van der Waals surface area contributed by atoms with Gasteiger partial charge in [-0.05, 0) is 42.2 Å². The highest BCUT2D eigenvalue weighted by atomic mass is 16.5. The monoisotopic (exact) mass is 271 g/mol. The zero-order valence-corrected chi connectivity index (χ0v) is 10.9. The lowest BCUT2D eigenvalue weighted by Crippen LogP contribution is -2.21. The lowest BCUT2D eigenvalue weighted by Gasteiger charge is -2.20. The van der Waals surface area contributed by atoms with E-state index in [-0.39, 0.29) is 5.56 Å². The second-order valence-corrected chi connectivity index (χ2v) is 4.74.